The number of methoxy groups -OCH3 is 1. The predicted molar refractivity (Wildman–Crippen MR) is 71.9 cm³/mol. The fourth-order valence-corrected chi connectivity index (χ4v) is 2.19. The Hall–Kier alpha value is -1.70. The van der Waals surface area contributed by atoms with Gasteiger partial charge in [0.25, 0.3) is 0 Å². The lowest BCUT2D eigenvalue weighted by molar-refractivity contribution is -0.385. The second kappa shape index (κ2) is 6.65. The largest absolute Gasteiger partial charge is 0.490 e. The van der Waals surface area contributed by atoms with Crippen molar-refractivity contribution < 1.29 is 19.5 Å². The molecule has 1 unspecified atom stereocenters. The second-order valence-corrected chi connectivity index (χ2v) is 4.62. The summed E-state index contributed by atoms with van der Waals surface area (Å²) in [7, 11) is 1.38. The molecule has 0 bridgehead atoms. The van der Waals surface area contributed by atoms with Gasteiger partial charge in [0.1, 0.15) is 0 Å². The van der Waals surface area contributed by atoms with E-state index in [1.807, 2.05) is 0 Å². The first-order valence-corrected chi connectivity index (χ1v) is 6.42. The number of hydrogen-bond donors (Lipinski definition) is 1. The predicted octanol–water partition coefficient (Wildman–Crippen LogP) is 0.969. The van der Waals surface area contributed by atoms with Crippen LogP contribution in [0.1, 0.15) is 11.7 Å². The molecule has 1 N–H and O–H groups in total. The number of ether oxygens (including phenoxy) is 2. The normalized spacial score (nSPS) is 17.7. The Bertz CT molecular complexity index is 474. The van der Waals surface area contributed by atoms with Crippen LogP contribution in [0.5, 0.6) is 5.75 Å². The van der Waals surface area contributed by atoms with Crippen molar-refractivity contribution >= 4 is 5.69 Å². The smallest absolute Gasteiger partial charge is 0.310 e. The van der Waals surface area contributed by atoms with Crippen LogP contribution in [0.4, 0.5) is 5.69 Å². The van der Waals surface area contributed by atoms with E-state index in [9.17, 15) is 15.2 Å². The van der Waals surface area contributed by atoms with Crippen molar-refractivity contribution in [2.45, 2.75) is 6.10 Å². The van der Waals surface area contributed by atoms with Crippen LogP contribution in [0.15, 0.2) is 18.2 Å². The van der Waals surface area contributed by atoms with Gasteiger partial charge in [-0.2, -0.15) is 0 Å². The van der Waals surface area contributed by atoms with E-state index in [-0.39, 0.29) is 11.4 Å². The molecule has 1 fully saturated rings. The standard InChI is InChI=1S/C13H18N2O5/c1-19-13-8-10(2-3-11(13)15(17)18)12(16)9-14-4-6-20-7-5-14/h2-3,8,12,16H,4-7,9H2,1H3. The van der Waals surface area contributed by atoms with Gasteiger partial charge in [-0.3, -0.25) is 15.0 Å². The second-order valence-electron chi connectivity index (χ2n) is 4.62. The molecule has 0 spiro atoms. The molecule has 1 atom stereocenters. The number of nitrogens with zero attached hydrogens (tertiary/aromatic N) is 2. The first-order valence-electron chi connectivity index (χ1n) is 6.42. The van der Waals surface area contributed by atoms with E-state index >= 15 is 0 Å². The summed E-state index contributed by atoms with van der Waals surface area (Å²) < 4.78 is 10.2. The molecule has 0 amide bonds. The third-order valence-corrected chi connectivity index (χ3v) is 3.32. The molecule has 1 heterocycles. The van der Waals surface area contributed by atoms with Crippen molar-refractivity contribution in [1.29, 1.82) is 0 Å². The van der Waals surface area contributed by atoms with Gasteiger partial charge in [0.05, 0.1) is 31.4 Å². The van der Waals surface area contributed by atoms with Crippen LogP contribution in [-0.4, -0.2) is 54.9 Å². The fourth-order valence-electron chi connectivity index (χ4n) is 2.19. The molecule has 1 aliphatic rings. The minimum atomic E-state index is -0.706. The Labute approximate surface area is 116 Å². The van der Waals surface area contributed by atoms with Gasteiger partial charge >= 0.3 is 5.69 Å². The molecule has 0 saturated carbocycles. The van der Waals surface area contributed by atoms with E-state index in [2.05, 4.69) is 4.90 Å². The van der Waals surface area contributed by atoms with Gasteiger partial charge in [0.2, 0.25) is 0 Å². The van der Waals surface area contributed by atoms with Crippen molar-refractivity contribution in [3.63, 3.8) is 0 Å². The molecule has 7 heteroatoms. The van der Waals surface area contributed by atoms with E-state index in [0.29, 0.717) is 25.3 Å². The van der Waals surface area contributed by atoms with Crippen LogP contribution >= 0.6 is 0 Å². The number of nitro groups is 1. The van der Waals surface area contributed by atoms with Crippen LogP contribution in [0.2, 0.25) is 0 Å². The summed E-state index contributed by atoms with van der Waals surface area (Å²) in [6.07, 6.45) is -0.706. The first-order chi connectivity index (χ1) is 9.61. The summed E-state index contributed by atoms with van der Waals surface area (Å²) in [5.41, 5.74) is 0.508. The molecule has 20 heavy (non-hydrogen) atoms. The lowest BCUT2D eigenvalue weighted by Crippen LogP contribution is -2.38. The first kappa shape index (κ1) is 14.7. The molecule has 1 saturated heterocycles. The van der Waals surface area contributed by atoms with Gasteiger partial charge in [0.15, 0.2) is 5.75 Å². The number of morpholine rings is 1. The molecule has 7 nitrogen and oxygen atoms in total. The minimum absolute atomic E-state index is 0.102. The molecule has 0 aromatic heterocycles. The lowest BCUT2D eigenvalue weighted by Gasteiger charge is -2.28. The third kappa shape index (κ3) is 3.44. The zero-order chi connectivity index (χ0) is 14.5. The third-order valence-electron chi connectivity index (χ3n) is 3.32. The van der Waals surface area contributed by atoms with E-state index < -0.39 is 11.0 Å². The topological polar surface area (TPSA) is 85.1 Å². The maximum absolute atomic E-state index is 10.8. The van der Waals surface area contributed by atoms with Gasteiger partial charge in [-0.05, 0) is 17.7 Å². The van der Waals surface area contributed by atoms with Gasteiger partial charge in [0, 0.05) is 25.7 Å². The number of β-amino-alcohol motifs (C(OH)–C–C–N with tert-alkyl or cyclic N) is 1. The average molecular weight is 282 g/mol. The molecule has 0 aliphatic carbocycles. The highest BCUT2D eigenvalue weighted by Gasteiger charge is 2.20. The van der Waals surface area contributed by atoms with Crippen LogP contribution in [0.3, 0.4) is 0 Å². The maximum atomic E-state index is 10.8. The Morgan fingerprint density at radius 1 is 1.50 bits per heavy atom. The number of hydrogen-bond acceptors (Lipinski definition) is 6. The molecule has 1 aromatic carbocycles. The fraction of sp³-hybridized carbons (Fsp3) is 0.538. The van der Waals surface area contributed by atoms with Crippen molar-refractivity contribution in [1.82, 2.24) is 4.90 Å². The monoisotopic (exact) mass is 282 g/mol. The van der Waals surface area contributed by atoms with E-state index in [1.54, 1.807) is 6.07 Å². The number of rotatable bonds is 5. The average Bonchev–Trinajstić information content (AvgIpc) is 2.47. The van der Waals surface area contributed by atoms with Crippen LogP contribution < -0.4 is 4.74 Å². The molecule has 1 aromatic rings. The van der Waals surface area contributed by atoms with Gasteiger partial charge in [-0.1, -0.05) is 0 Å². The van der Waals surface area contributed by atoms with E-state index in [1.165, 1.54) is 19.2 Å². The molecular formula is C13H18N2O5. The number of aliphatic hydroxyl groups is 1. The summed E-state index contributed by atoms with van der Waals surface area (Å²) >= 11 is 0. The molecule has 110 valence electrons. The molecular weight excluding hydrogens is 264 g/mol. The number of benzene rings is 1. The minimum Gasteiger partial charge on any atom is -0.490 e. The highest BCUT2D eigenvalue weighted by Crippen LogP contribution is 2.30. The Morgan fingerprint density at radius 3 is 2.80 bits per heavy atom. The van der Waals surface area contributed by atoms with E-state index in [4.69, 9.17) is 9.47 Å². The molecule has 2 rings (SSSR count). The Morgan fingerprint density at radius 2 is 2.20 bits per heavy atom. The number of nitro benzene ring substituents is 1. The zero-order valence-corrected chi connectivity index (χ0v) is 11.3. The number of aliphatic hydroxyl groups excluding tert-OH is 1. The Kier molecular flexibility index (Phi) is 4.89. The Balaban J connectivity index is 2.09. The quantitative estimate of drug-likeness (QED) is 0.640. The summed E-state index contributed by atoms with van der Waals surface area (Å²) in [4.78, 5) is 12.4. The molecule has 0 radical (unpaired) electrons. The van der Waals surface area contributed by atoms with Gasteiger partial charge in [-0.15, -0.1) is 0 Å². The van der Waals surface area contributed by atoms with Gasteiger partial charge in [-0.25, -0.2) is 0 Å². The highest BCUT2D eigenvalue weighted by molar-refractivity contribution is 5.48. The summed E-state index contributed by atoms with van der Waals surface area (Å²) in [5.74, 6) is 0.161. The van der Waals surface area contributed by atoms with Gasteiger partial charge < -0.3 is 14.6 Å². The van der Waals surface area contributed by atoms with Crippen LogP contribution in [0, 0.1) is 10.1 Å². The SMILES string of the molecule is COc1cc(C(O)CN2CCOCC2)ccc1[N+](=O)[O-]. The van der Waals surface area contributed by atoms with Crippen molar-refractivity contribution in [2.24, 2.45) is 0 Å². The van der Waals surface area contributed by atoms with E-state index in [0.717, 1.165) is 13.1 Å². The van der Waals surface area contributed by atoms with Crippen molar-refractivity contribution in [3.05, 3.63) is 33.9 Å². The van der Waals surface area contributed by atoms with Crippen LogP contribution in [-0.2, 0) is 4.74 Å². The van der Waals surface area contributed by atoms with Crippen molar-refractivity contribution in [2.75, 3.05) is 40.0 Å². The van der Waals surface area contributed by atoms with Crippen molar-refractivity contribution in [3.8, 4) is 5.75 Å². The lowest BCUT2D eigenvalue weighted by atomic mass is 10.1. The van der Waals surface area contributed by atoms with Crippen LogP contribution in [0.25, 0.3) is 0 Å². The summed E-state index contributed by atoms with van der Waals surface area (Å²) in [6, 6.07) is 4.44. The summed E-state index contributed by atoms with van der Waals surface area (Å²) in [5, 5.41) is 21.0. The highest BCUT2D eigenvalue weighted by atomic mass is 16.6. The molecule has 1 aliphatic heterocycles. The summed E-state index contributed by atoms with van der Waals surface area (Å²) in [6.45, 7) is 3.36. The maximum Gasteiger partial charge on any atom is 0.310 e. The zero-order valence-electron chi connectivity index (χ0n) is 11.3.